The zero-order valence-electron chi connectivity index (χ0n) is 14.1. The van der Waals surface area contributed by atoms with Crippen LogP contribution in [0.1, 0.15) is 28.9 Å². The van der Waals surface area contributed by atoms with Crippen LogP contribution in [0.3, 0.4) is 0 Å². The van der Waals surface area contributed by atoms with E-state index in [1.807, 2.05) is 29.2 Å². The van der Waals surface area contributed by atoms with Crippen LogP contribution in [0.25, 0.3) is 21.0 Å². The van der Waals surface area contributed by atoms with Crippen molar-refractivity contribution in [2.75, 3.05) is 19.6 Å². The molecule has 0 aliphatic carbocycles. The molecule has 1 aromatic carbocycles. The number of hydrogen-bond acceptors (Lipinski definition) is 4. The standard InChI is InChI=1S/C19H18ClN3O2S/c20-18-13-11-15(26-17(13)12-5-1-2-6-14(12)22-18)19(25)21-8-4-10-23-9-3-7-16(23)24/h1-2,5-6,11H,3-4,7-10H2,(H,21,25). The molecular formula is C19H18ClN3O2S. The molecule has 1 N–H and O–H groups in total. The first kappa shape index (κ1) is 17.2. The van der Waals surface area contributed by atoms with Crippen LogP contribution in [0.2, 0.25) is 5.15 Å². The minimum Gasteiger partial charge on any atom is -0.351 e. The van der Waals surface area contributed by atoms with Crippen molar-refractivity contribution < 1.29 is 9.59 Å². The summed E-state index contributed by atoms with van der Waals surface area (Å²) in [5, 5.41) is 5.17. The number of likely N-dealkylation sites (tertiary alicyclic amines) is 1. The van der Waals surface area contributed by atoms with Crippen molar-refractivity contribution in [2.45, 2.75) is 19.3 Å². The molecule has 1 aliphatic heterocycles. The third-order valence-corrected chi connectivity index (χ3v) is 6.06. The van der Waals surface area contributed by atoms with Gasteiger partial charge < -0.3 is 10.2 Å². The molecule has 0 radical (unpaired) electrons. The number of para-hydroxylation sites is 1. The first-order valence-electron chi connectivity index (χ1n) is 8.67. The smallest absolute Gasteiger partial charge is 0.261 e. The maximum atomic E-state index is 12.5. The maximum Gasteiger partial charge on any atom is 0.261 e. The minimum absolute atomic E-state index is 0.112. The van der Waals surface area contributed by atoms with Crippen LogP contribution in [0.4, 0.5) is 0 Å². The zero-order chi connectivity index (χ0) is 18.1. The summed E-state index contributed by atoms with van der Waals surface area (Å²) in [6.45, 7) is 2.08. The molecule has 5 nitrogen and oxygen atoms in total. The Kier molecular flexibility index (Phi) is 4.78. The number of thiophene rings is 1. The predicted octanol–water partition coefficient (Wildman–Crippen LogP) is 3.85. The Morgan fingerprint density at radius 3 is 2.96 bits per heavy atom. The van der Waals surface area contributed by atoms with Crippen LogP contribution < -0.4 is 5.32 Å². The number of fused-ring (bicyclic) bond motifs is 3. The van der Waals surface area contributed by atoms with Gasteiger partial charge in [-0.05, 0) is 25.0 Å². The summed E-state index contributed by atoms with van der Waals surface area (Å²) in [6.07, 6.45) is 2.35. The van der Waals surface area contributed by atoms with Crippen molar-refractivity contribution in [1.29, 1.82) is 0 Å². The van der Waals surface area contributed by atoms with Gasteiger partial charge in [0.15, 0.2) is 0 Å². The molecule has 2 amide bonds. The monoisotopic (exact) mass is 387 g/mol. The lowest BCUT2D eigenvalue weighted by atomic mass is 10.2. The summed E-state index contributed by atoms with van der Waals surface area (Å²) in [6, 6.07) is 9.59. The van der Waals surface area contributed by atoms with Gasteiger partial charge in [0.1, 0.15) is 5.15 Å². The molecule has 1 saturated heterocycles. The van der Waals surface area contributed by atoms with Crippen LogP contribution in [0.15, 0.2) is 30.3 Å². The molecule has 3 aromatic rings. The highest BCUT2D eigenvalue weighted by atomic mass is 35.5. The van der Waals surface area contributed by atoms with E-state index in [9.17, 15) is 9.59 Å². The summed E-state index contributed by atoms with van der Waals surface area (Å²) >= 11 is 7.73. The Balaban J connectivity index is 1.46. The Morgan fingerprint density at radius 1 is 1.31 bits per heavy atom. The molecule has 3 heterocycles. The number of rotatable bonds is 5. The molecule has 0 spiro atoms. The fourth-order valence-corrected chi connectivity index (χ4v) is 4.69. The van der Waals surface area contributed by atoms with Crippen LogP contribution in [-0.2, 0) is 4.79 Å². The Labute approximate surface area is 160 Å². The molecule has 0 saturated carbocycles. The number of amides is 2. The van der Waals surface area contributed by atoms with Crippen molar-refractivity contribution in [3.05, 3.63) is 40.4 Å². The van der Waals surface area contributed by atoms with E-state index < -0.39 is 0 Å². The van der Waals surface area contributed by atoms with Gasteiger partial charge in [-0.2, -0.15) is 0 Å². The van der Waals surface area contributed by atoms with E-state index in [1.165, 1.54) is 11.3 Å². The summed E-state index contributed by atoms with van der Waals surface area (Å²) in [4.78, 5) is 31.0. The molecule has 0 unspecified atom stereocenters. The van der Waals surface area contributed by atoms with Crippen molar-refractivity contribution in [3.8, 4) is 0 Å². The van der Waals surface area contributed by atoms with E-state index in [-0.39, 0.29) is 11.8 Å². The lowest BCUT2D eigenvalue weighted by Crippen LogP contribution is -2.30. The average molecular weight is 388 g/mol. The lowest BCUT2D eigenvalue weighted by molar-refractivity contribution is -0.127. The van der Waals surface area contributed by atoms with Crippen molar-refractivity contribution in [3.63, 3.8) is 0 Å². The quantitative estimate of drug-likeness (QED) is 0.534. The number of carbonyl (C=O) groups is 2. The summed E-state index contributed by atoms with van der Waals surface area (Å²) in [5.41, 5.74) is 0.828. The van der Waals surface area contributed by atoms with Gasteiger partial charge in [-0.25, -0.2) is 4.98 Å². The first-order chi connectivity index (χ1) is 12.6. The van der Waals surface area contributed by atoms with Crippen molar-refractivity contribution >= 4 is 55.7 Å². The molecule has 7 heteroatoms. The van der Waals surface area contributed by atoms with Gasteiger partial charge in [-0.15, -0.1) is 11.3 Å². The van der Waals surface area contributed by atoms with Gasteiger partial charge in [-0.3, -0.25) is 9.59 Å². The number of nitrogens with one attached hydrogen (secondary N) is 1. The molecule has 1 fully saturated rings. The maximum absolute atomic E-state index is 12.5. The second-order valence-corrected chi connectivity index (χ2v) is 7.78. The number of hydrogen-bond donors (Lipinski definition) is 1. The predicted molar refractivity (Wildman–Crippen MR) is 105 cm³/mol. The average Bonchev–Trinajstić information content (AvgIpc) is 3.26. The van der Waals surface area contributed by atoms with Crippen molar-refractivity contribution in [2.24, 2.45) is 0 Å². The molecule has 134 valence electrons. The van der Waals surface area contributed by atoms with Crippen LogP contribution in [0.5, 0.6) is 0 Å². The van der Waals surface area contributed by atoms with Gasteiger partial charge in [0.05, 0.1) is 10.4 Å². The van der Waals surface area contributed by atoms with Gasteiger partial charge in [0, 0.05) is 41.5 Å². The summed E-state index contributed by atoms with van der Waals surface area (Å²) < 4.78 is 0.980. The molecule has 1 aliphatic rings. The topological polar surface area (TPSA) is 62.3 Å². The molecule has 0 atom stereocenters. The fourth-order valence-electron chi connectivity index (χ4n) is 3.28. The number of halogens is 1. The Morgan fingerprint density at radius 2 is 2.15 bits per heavy atom. The molecule has 26 heavy (non-hydrogen) atoms. The van der Waals surface area contributed by atoms with E-state index in [0.717, 1.165) is 40.4 Å². The molecule has 2 aromatic heterocycles. The highest BCUT2D eigenvalue weighted by Crippen LogP contribution is 2.35. The Hall–Kier alpha value is -2.18. The highest BCUT2D eigenvalue weighted by Gasteiger charge is 2.19. The number of benzene rings is 1. The van der Waals surface area contributed by atoms with Crippen LogP contribution in [-0.4, -0.2) is 41.3 Å². The second-order valence-electron chi connectivity index (χ2n) is 6.37. The first-order valence-corrected chi connectivity index (χ1v) is 9.87. The van der Waals surface area contributed by atoms with Crippen LogP contribution >= 0.6 is 22.9 Å². The van der Waals surface area contributed by atoms with Gasteiger partial charge in [0.25, 0.3) is 5.91 Å². The van der Waals surface area contributed by atoms with E-state index in [1.54, 1.807) is 6.07 Å². The van der Waals surface area contributed by atoms with E-state index in [4.69, 9.17) is 11.6 Å². The number of nitrogens with zero attached hydrogens (tertiary/aromatic N) is 2. The number of pyridine rings is 1. The van der Waals surface area contributed by atoms with Crippen molar-refractivity contribution in [1.82, 2.24) is 15.2 Å². The number of carbonyl (C=O) groups excluding carboxylic acids is 2. The van der Waals surface area contributed by atoms with Gasteiger partial charge >= 0.3 is 0 Å². The van der Waals surface area contributed by atoms with E-state index >= 15 is 0 Å². The van der Waals surface area contributed by atoms with Crippen LogP contribution in [0, 0.1) is 0 Å². The lowest BCUT2D eigenvalue weighted by Gasteiger charge is -2.15. The Bertz CT molecular complexity index is 1000. The third kappa shape index (κ3) is 3.27. The summed E-state index contributed by atoms with van der Waals surface area (Å²) in [7, 11) is 0. The number of aromatic nitrogens is 1. The third-order valence-electron chi connectivity index (χ3n) is 4.61. The van der Waals surface area contributed by atoms with Gasteiger partial charge in [-0.1, -0.05) is 29.8 Å². The molecule has 0 bridgehead atoms. The highest BCUT2D eigenvalue weighted by molar-refractivity contribution is 7.21. The van der Waals surface area contributed by atoms with E-state index in [0.29, 0.717) is 29.5 Å². The van der Waals surface area contributed by atoms with E-state index in [2.05, 4.69) is 10.3 Å². The summed E-state index contributed by atoms with van der Waals surface area (Å²) in [5.74, 6) is 0.106. The van der Waals surface area contributed by atoms with Gasteiger partial charge in [0.2, 0.25) is 5.91 Å². The normalized spacial score (nSPS) is 14.5. The largest absolute Gasteiger partial charge is 0.351 e. The molecular weight excluding hydrogens is 370 g/mol. The zero-order valence-corrected chi connectivity index (χ0v) is 15.7. The fraction of sp³-hybridized carbons (Fsp3) is 0.316. The SMILES string of the molecule is O=C(NCCCN1CCCC1=O)c1cc2c(Cl)nc3ccccc3c2s1. The molecule has 4 rings (SSSR count). The second kappa shape index (κ2) is 7.21. The minimum atomic E-state index is -0.112.